The molecule has 0 saturated carbocycles. The minimum absolute atomic E-state index is 0.177. The summed E-state index contributed by atoms with van der Waals surface area (Å²) in [6.07, 6.45) is 5.16. The molecule has 0 atom stereocenters. The van der Waals surface area contributed by atoms with Crippen LogP contribution in [0.5, 0.6) is 0 Å². The van der Waals surface area contributed by atoms with E-state index >= 15 is 0 Å². The van der Waals surface area contributed by atoms with Gasteiger partial charge in [0, 0.05) is 69.6 Å². The Hall–Kier alpha value is -3.80. The number of nitrogens with zero attached hydrogens (tertiary/aromatic N) is 5. The fraction of sp³-hybridized carbons (Fsp3) is 0.286. The Balaban J connectivity index is 1.77. The Morgan fingerprint density at radius 1 is 1.14 bits per heavy atom. The average Bonchev–Trinajstić information content (AvgIpc) is 3.23. The fourth-order valence-electron chi connectivity index (χ4n) is 3.93. The monoisotopic (exact) mass is 497 g/mol. The number of anilines is 1. The Labute approximate surface area is 213 Å². The third-order valence-corrected chi connectivity index (χ3v) is 7.74. The molecule has 0 spiro atoms. The van der Waals surface area contributed by atoms with Crippen LogP contribution in [-0.4, -0.2) is 49.1 Å². The summed E-state index contributed by atoms with van der Waals surface area (Å²) in [6, 6.07) is 16.3. The van der Waals surface area contributed by atoms with Crippen LogP contribution in [0.1, 0.15) is 21.6 Å². The van der Waals surface area contributed by atoms with Crippen LogP contribution < -0.4 is 4.90 Å². The second-order valence-electron chi connectivity index (χ2n) is 10.2. The summed E-state index contributed by atoms with van der Waals surface area (Å²) in [5.74, 6) is -0.177. The molecule has 184 valence electrons. The second kappa shape index (κ2) is 10.4. The lowest BCUT2D eigenvalue weighted by Gasteiger charge is -2.15. The van der Waals surface area contributed by atoms with Gasteiger partial charge in [0.25, 0.3) is 0 Å². The van der Waals surface area contributed by atoms with Gasteiger partial charge in [-0.05, 0) is 36.4 Å². The summed E-state index contributed by atoms with van der Waals surface area (Å²) < 4.78 is 7.85. The van der Waals surface area contributed by atoms with E-state index in [1.165, 1.54) is 0 Å². The number of nitriles is 1. The van der Waals surface area contributed by atoms with Gasteiger partial charge in [-0.15, -0.1) is 0 Å². The maximum Gasteiger partial charge on any atom is 0.213 e. The van der Waals surface area contributed by atoms with Crippen LogP contribution in [0.2, 0.25) is 25.7 Å². The molecule has 0 saturated heterocycles. The van der Waals surface area contributed by atoms with Crippen molar-refractivity contribution in [2.75, 3.05) is 25.6 Å². The van der Waals surface area contributed by atoms with Crippen molar-refractivity contribution in [2.24, 2.45) is 0 Å². The van der Waals surface area contributed by atoms with E-state index in [-0.39, 0.29) is 5.78 Å². The zero-order valence-electron chi connectivity index (χ0n) is 21.4. The quantitative estimate of drug-likeness (QED) is 0.171. The molecule has 3 aromatic heterocycles. The van der Waals surface area contributed by atoms with Crippen LogP contribution in [0.3, 0.4) is 0 Å². The largest absolute Gasteiger partial charge is 0.378 e. The molecule has 8 heteroatoms. The standard InChI is InChI=1S/C28H31N5O2Si/c1-32(2)22-9-10-23(20(14-22)16-29)21-15-24-25(27(34)26-8-6-7-11-30-26)18-33(28(24)31-17-21)19-35-12-13-36(3,4)5/h6-11,14-15,17-18H,12-13,19H2,1-5H3. The van der Waals surface area contributed by atoms with Crippen molar-refractivity contribution in [3.05, 3.63) is 77.9 Å². The highest BCUT2D eigenvalue weighted by Crippen LogP contribution is 2.31. The molecule has 0 unspecified atom stereocenters. The molecule has 0 aliphatic heterocycles. The van der Waals surface area contributed by atoms with Crippen molar-refractivity contribution in [1.29, 1.82) is 5.26 Å². The maximum atomic E-state index is 13.4. The van der Waals surface area contributed by atoms with Gasteiger partial charge in [-0.3, -0.25) is 9.78 Å². The van der Waals surface area contributed by atoms with E-state index in [9.17, 15) is 10.1 Å². The molecule has 36 heavy (non-hydrogen) atoms. The van der Waals surface area contributed by atoms with Crippen LogP contribution >= 0.6 is 0 Å². The number of carbonyl (C=O) groups excluding carboxylic acids is 1. The Morgan fingerprint density at radius 2 is 1.94 bits per heavy atom. The predicted octanol–water partition coefficient (Wildman–Crippen LogP) is 5.58. The summed E-state index contributed by atoms with van der Waals surface area (Å²) in [6.45, 7) is 7.92. The average molecular weight is 498 g/mol. The van der Waals surface area contributed by atoms with Crippen LogP contribution in [0, 0.1) is 11.3 Å². The van der Waals surface area contributed by atoms with E-state index < -0.39 is 8.07 Å². The molecule has 4 aromatic rings. The van der Waals surface area contributed by atoms with Gasteiger partial charge in [-0.1, -0.05) is 31.8 Å². The van der Waals surface area contributed by atoms with Crippen molar-refractivity contribution < 1.29 is 9.53 Å². The number of pyridine rings is 2. The van der Waals surface area contributed by atoms with Gasteiger partial charge in [-0.25, -0.2) is 4.98 Å². The van der Waals surface area contributed by atoms with Crippen molar-refractivity contribution in [1.82, 2.24) is 14.5 Å². The molecular formula is C28H31N5O2Si. The highest BCUT2D eigenvalue weighted by atomic mass is 28.3. The first-order chi connectivity index (χ1) is 17.2. The zero-order valence-corrected chi connectivity index (χ0v) is 22.4. The van der Waals surface area contributed by atoms with Crippen molar-refractivity contribution in [3.63, 3.8) is 0 Å². The molecule has 0 N–H and O–H groups in total. The molecular weight excluding hydrogens is 466 g/mol. The number of ketones is 1. The minimum atomic E-state index is -1.21. The number of fused-ring (bicyclic) bond motifs is 1. The van der Waals surface area contributed by atoms with Gasteiger partial charge in [0.15, 0.2) is 0 Å². The number of benzene rings is 1. The van der Waals surface area contributed by atoms with Gasteiger partial charge >= 0.3 is 0 Å². The van der Waals surface area contributed by atoms with Crippen molar-refractivity contribution in [3.8, 4) is 17.2 Å². The molecule has 0 amide bonds. The Kier molecular flexibility index (Phi) is 7.34. The van der Waals surface area contributed by atoms with Gasteiger partial charge in [0.05, 0.1) is 17.2 Å². The van der Waals surface area contributed by atoms with Crippen LogP contribution in [-0.2, 0) is 11.5 Å². The first-order valence-corrected chi connectivity index (χ1v) is 15.6. The van der Waals surface area contributed by atoms with E-state index in [0.29, 0.717) is 41.2 Å². The van der Waals surface area contributed by atoms with E-state index in [4.69, 9.17) is 9.72 Å². The van der Waals surface area contributed by atoms with E-state index in [2.05, 4.69) is 30.7 Å². The van der Waals surface area contributed by atoms with Crippen LogP contribution in [0.25, 0.3) is 22.2 Å². The number of ether oxygens (including phenoxy) is 1. The molecule has 1 aromatic carbocycles. The highest BCUT2D eigenvalue weighted by molar-refractivity contribution is 6.76. The molecule has 0 aliphatic rings. The molecule has 0 radical (unpaired) electrons. The maximum absolute atomic E-state index is 13.4. The summed E-state index contributed by atoms with van der Waals surface area (Å²) in [7, 11) is 2.66. The first-order valence-electron chi connectivity index (χ1n) is 11.9. The molecule has 7 nitrogen and oxygen atoms in total. The van der Waals surface area contributed by atoms with E-state index in [0.717, 1.165) is 22.9 Å². The molecule has 0 aliphatic carbocycles. The Bertz CT molecular complexity index is 1430. The lowest BCUT2D eigenvalue weighted by atomic mass is 9.99. The lowest BCUT2D eigenvalue weighted by Crippen LogP contribution is -2.22. The molecule has 3 heterocycles. The fourth-order valence-corrected chi connectivity index (χ4v) is 4.69. The van der Waals surface area contributed by atoms with Gasteiger partial charge < -0.3 is 14.2 Å². The minimum Gasteiger partial charge on any atom is -0.378 e. The highest BCUT2D eigenvalue weighted by Gasteiger charge is 2.20. The zero-order chi connectivity index (χ0) is 25.9. The van der Waals surface area contributed by atoms with Crippen molar-refractivity contribution in [2.45, 2.75) is 32.4 Å². The Morgan fingerprint density at radius 3 is 2.61 bits per heavy atom. The normalized spacial score (nSPS) is 11.4. The van der Waals surface area contributed by atoms with Gasteiger partial charge in [0.2, 0.25) is 5.78 Å². The topological polar surface area (TPSA) is 84.0 Å². The molecule has 0 bridgehead atoms. The number of carbonyl (C=O) groups is 1. The lowest BCUT2D eigenvalue weighted by molar-refractivity contribution is 0.0896. The summed E-state index contributed by atoms with van der Waals surface area (Å²) in [5, 5.41) is 10.5. The molecule has 4 rings (SSSR count). The van der Waals surface area contributed by atoms with E-state index in [1.807, 2.05) is 47.8 Å². The first kappa shape index (κ1) is 25.3. The SMILES string of the molecule is CN(C)c1ccc(-c2cnc3c(c2)c(C(=O)c2ccccn2)cn3COCC[Si](C)(C)C)c(C#N)c1. The summed E-state index contributed by atoms with van der Waals surface area (Å²) >= 11 is 0. The summed E-state index contributed by atoms with van der Waals surface area (Å²) in [5.41, 5.74) is 4.58. The number of hydrogen-bond acceptors (Lipinski definition) is 6. The second-order valence-corrected chi connectivity index (χ2v) is 15.9. The smallest absolute Gasteiger partial charge is 0.213 e. The molecule has 0 fully saturated rings. The van der Waals surface area contributed by atoms with Crippen LogP contribution in [0.15, 0.2) is 61.1 Å². The van der Waals surface area contributed by atoms with Crippen molar-refractivity contribution >= 4 is 30.6 Å². The number of rotatable bonds is 9. The van der Waals surface area contributed by atoms with E-state index in [1.54, 1.807) is 36.8 Å². The predicted molar refractivity (Wildman–Crippen MR) is 146 cm³/mol. The number of aromatic nitrogens is 3. The number of hydrogen-bond donors (Lipinski definition) is 0. The third kappa shape index (κ3) is 5.53. The van der Waals surface area contributed by atoms with Crippen LogP contribution in [0.4, 0.5) is 5.69 Å². The van der Waals surface area contributed by atoms with Gasteiger partial charge in [-0.2, -0.15) is 5.26 Å². The summed E-state index contributed by atoms with van der Waals surface area (Å²) in [4.78, 5) is 24.4. The third-order valence-electron chi connectivity index (χ3n) is 6.03. The van der Waals surface area contributed by atoms with Gasteiger partial charge in [0.1, 0.15) is 18.1 Å².